The first-order valence-corrected chi connectivity index (χ1v) is 13.3. The molecule has 2 atom stereocenters. The molecule has 186 valence electrons. The van der Waals surface area contributed by atoms with Crippen molar-refractivity contribution >= 4 is 0 Å². The fraction of sp³-hybridized carbons (Fsp3) is 0.786. The molecule has 33 heavy (non-hydrogen) atoms. The molecule has 0 aliphatic heterocycles. The molecular formula is C28H40F4O. The first kappa shape index (κ1) is 24.9. The van der Waals surface area contributed by atoms with Crippen LogP contribution in [0.15, 0.2) is 12.1 Å². The van der Waals surface area contributed by atoms with E-state index in [2.05, 4.69) is 6.92 Å². The summed E-state index contributed by atoms with van der Waals surface area (Å²) >= 11 is 0. The number of alkyl halides is 2. The minimum atomic E-state index is -3.41. The van der Waals surface area contributed by atoms with Crippen LogP contribution >= 0.6 is 0 Å². The Labute approximate surface area is 196 Å². The van der Waals surface area contributed by atoms with Crippen molar-refractivity contribution < 1.29 is 22.3 Å². The molecule has 4 rings (SSSR count). The van der Waals surface area contributed by atoms with Crippen molar-refractivity contribution in [3.05, 3.63) is 29.3 Å². The maximum atomic E-state index is 14.8. The van der Waals surface area contributed by atoms with Gasteiger partial charge in [0.15, 0.2) is 0 Å². The molecule has 0 heterocycles. The molecule has 5 heteroatoms. The van der Waals surface area contributed by atoms with E-state index in [1.165, 1.54) is 64.7 Å². The van der Waals surface area contributed by atoms with Gasteiger partial charge in [-0.25, -0.2) is 8.78 Å². The Morgan fingerprint density at radius 1 is 0.788 bits per heavy atom. The Bertz CT molecular complexity index is 755. The first-order chi connectivity index (χ1) is 15.8. The molecule has 0 saturated heterocycles. The fourth-order valence-corrected chi connectivity index (χ4v) is 7.15. The average Bonchev–Trinajstić information content (AvgIpc) is 3.26. The summed E-state index contributed by atoms with van der Waals surface area (Å²) in [6.07, 6.45) is 11.1. The number of ether oxygens (including phenoxy) is 1. The normalized spacial score (nSPS) is 33.3. The lowest BCUT2D eigenvalue weighted by Crippen LogP contribution is -2.38. The monoisotopic (exact) mass is 468 g/mol. The molecule has 3 aliphatic carbocycles. The van der Waals surface area contributed by atoms with Crippen LogP contribution in [0.2, 0.25) is 0 Å². The number of hydrogen-bond donors (Lipinski definition) is 0. The number of rotatable bonds is 7. The van der Waals surface area contributed by atoms with Gasteiger partial charge in [-0.05, 0) is 101 Å². The van der Waals surface area contributed by atoms with Gasteiger partial charge in [0.25, 0.3) is 0 Å². The summed E-state index contributed by atoms with van der Waals surface area (Å²) in [6, 6.07) is 1.70. The molecule has 0 amide bonds. The van der Waals surface area contributed by atoms with Gasteiger partial charge >= 0.3 is 6.11 Å². The van der Waals surface area contributed by atoms with E-state index in [0.717, 1.165) is 42.7 Å². The van der Waals surface area contributed by atoms with Crippen molar-refractivity contribution in [1.82, 2.24) is 0 Å². The largest absolute Gasteiger partial charge is 0.432 e. The van der Waals surface area contributed by atoms with Gasteiger partial charge in [-0.1, -0.05) is 26.2 Å². The Hall–Kier alpha value is -1.26. The van der Waals surface area contributed by atoms with E-state index in [4.69, 9.17) is 4.74 Å². The standard InChI is InChI=1S/C28H40F4O/c1-3-4-19-5-6-23(15-19)22-9-7-20(8-10-22)21-11-13-24(14-12-21)28(31,32)33-25-16-26(29)18(2)27(30)17-25/h16-17,19-24H,3-15H2,1-2H3. The van der Waals surface area contributed by atoms with E-state index in [1.807, 2.05) is 0 Å². The van der Waals surface area contributed by atoms with Gasteiger partial charge in [-0.15, -0.1) is 0 Å². The van der Waals surface area contributed by atoms with Crippen LogP contribution in [-0.2, 0) is 0 Å². The maximum absolute atomic E-state index is 14.8. The van der Waals surface area contributed by atoms with Gasteiger partial charge in [-0.2, -0.15) is 8.78 Å². The van der Waals surface area contributed by atoms with E-state index in [-0.39, 0.29) is 5.56 Å². The van der Waals surface area contributed by atoms with E-state index in [9.17, 15) is 17.6 Å². The molecule has 0 N–H and O–H groups in total. The van der Waals surface area contributed by atoms with E-state index >= 15 is 0 Å². The SMILES string of the molecule is CCCC1CCC(C2CCC(C3CCC(C(F)(F)Oc4cc(F)c(C)c(F)c4)CC3)CC2)C1. The Kier molecular flexibility index (Phi) is 7.95. The van der Waals surface area contributed by atoms with Crippen molar-refractivity contribution in [2.45, 2.75) is 103 Å². The molecule has 0 aromatic heterocycles. The predicted molar refractivity (Wildman–Crippen MR) is 123 cm³/mol. The zero-order chi connectivity index (χ0) is 23.6. The van der Waals surface area contributed by atoms with Crippen LogP contribution < -0.4 is 4.74 Å². The van der Waals surface area contributed by atoms with Crippen LogP contribution in [0.5, 0.6) is 5.75 Å². The highest BCUT2D eigenvalue weighted by Gasteiger charge is 2.45. The zero-order valence-electron chi connectivity index (χ0n) is 20.2. The lowest BCUT2D eigenvalue weighted by molar-refractivity contribution is -0.224. The van der Waals surface area contributed by atoms with Crippen LogP contribution in [0, 0.1) is 54.1 Å². The molecule has 0 spiro atoms. The van der Waals surface area contributed by atoms with Crippen molar-refractivity contribution in [2.24, 2.45) is 35.5 Å². The highest BCUT2D eigenvalue weighted by molar-refractivity contribution is 5.30. The Morgan fingerprint density at radius 2 is 1.27 bits per heavy atom. The quantitative estimate of drug-likeness (QED) is 0.363. The average molecular weight is 469 g/mol. The molecule has 0 radical (unpaired) electrons. The second-order valence-electron chi connectivity index (χ2n) is 11.2. The summed E-state index contributed by atoms with van der Waals surface area (Å²) in [6.45, 7) is 3.57. The highest BCUT2D eigenvalue weighted by atomic mass is 19.3. The summed E-state index contributed by atoms with van der Waals surface area (Å²) in [5.41, 5.74) is -0.186. The van der Waals surface area contributed by atoms with E-state index < -0.39 is 29.4 Å². The molecular weight excluding hydrogens is 428 g/mol. The summed E-state index contributed by atoms with van der Waals surface area (Å²) in [7, 11) is 0. The molecule has 0 bridgehead atoms. The van der Waals surface area contributed by atoms with Crippen LogP contribution in [-0.4, -0.2) is 6.11 Å². The second-order valence-corrected chi connectivity index (χ2v) is 11.2. The highest BCUT2D eigenvalue weighted by Crippen LogP contribution is 2.49. The topological polar surface area (TPSA) is 9.23 Å². The van der Waals surface area contributed by atoms with Crippen molar-refractivity contribution in [3.8, 4) is 5.75 Å². The minimum Gasteiger partial charge on any atom is -0.432 e. The fourth-order valence-electron chi connectivity index (χ4n) is 7.15. The first-order valence-electron chi connectivity index (χ1n) is 13.3. The van der Waals surface area contributed by atoms with E-state index in [0.29, 0.717) is 24.7 Å². The van der Waals surface area contributed by atoms with Crippen LogP contribution in [0.3, 0.4) is 0 Å². The number of hydrogen-bond acceptors (Lipinski definition) is 1. The lowest BCUT2D eigenvalue weighted by atomic mass is 9.67. The lowest BCUT2D eigenvalue weighted by Gasteiger charge is -2.40. The molecule has 3 aliphatic rings. The third-order valence-electron chi connectivity index (χ3n) is 9.18. The third-order valence-corrected chi connectivity index (χ3v) is 9.18. The molecule has 3 fully saturated rings. The van der Waals surface area contributed by atoms with E-state index in [1.54, 1.807) is 0 Å². The minimum absolute atomic E-state index is 0.186. The zero-order valence-corrected chi connectivity index (χ0v) is 20.2. The summed E-state index contributed by atoms with van der Waals surface area (Å²) < 4.78 is 61.8. The van der Waals surface area contributed by atoms with Gasteiger partial charge in [0.2, 0.25) is 0 Å². The summed E-state index contributed by atoms with van der Waals surface area (Å²) in [5, 5.41) is 0. The number of halogens is 4. The summed E-state index contributed by atoms with van der Waals surface area (Å²) in [5.74, 6) is 0.897. The maximum Gasteiger partial charge on any atom is 0.400 e. The van der Waals surface area contributed by atoms with Crippen molar-refractivity contribution in [3.63, 3.8) is 0 Å². The van der Waals surface area contributed by atoms with Gasteiger partial charge in [0.1, 0.15) is 17.4 Å². The van der Waals surface area contributed by atoms with Gasteiger partial charge < -0.3 is 4.74 Å². The smallest absolute Gasteiger partial charge is 0.400 e. The third kappa shape index (κ3) is 5.88. The molecule has 1 nitrogen and oxygen atoms in total. The van der Waals surface area contributed by atoms with Gasteiger partial charge in [-0.3, -0.25) is 0 Å². The Morgan fingerprint density at radius 3 is 1.82 bits per heavy atom. The van der Waals surface area contributed by atoms with Crippen LogP contribution in [0.25, 0.3) is 0 Å². The molecule has 2 unspecified atom stereocenters. The summed E-state index contributed by atoms with van der Waals surface area (Å²) in [4.78, 5) is 0. The molecule has 1 aromatic rings. The van der Waals surface area contributed by atoms with Crippen LogP contribution in [0.4, 0.5) is 17.6 Å². The van der Waals surface area contributed by atoms with Crippen molar-refractivity contribution in [1.29, 1.82) is 0 Å². The van der Waals surface area contributed by atoms with Gasteiger partial charge in [0, 0.05) is 17.7 Å². The van der Waals surface area contributed by atoms with Gasteiger partial charge in [0.05, 0.1) is 5.92 Å². The van der Waals surface area contributed by atoms with Crippen molar-refractivity contribution in [2.75, 3.05) is 0 Å². The molecule has 1 aromatic carbocycles. The van der Waals surface area contributed by atoms with Crippen LogP contribution in [0.1, 0.15) is 96.0 Å². The predicted octanol–water partition coefficient (Wildman–Crippen LogP) is 9.07. The Balaban J connectivity index is 1.24. The second kappa shape index (κ2) is 10.6. The molecule has 3 saturated carbocycles. The number of benzene rings is 1.